The first-order chi connectivity index (χ1) is 15.9. The molecule has 2 N–H and O–H groups in total. The molecule has 1 aliphatic carbocycles. The number of carbonyl (C=O) groups excluding carboxylic acids is 2. The van der Waals surface area contributed by atoms with E-state index in [9.17, 15) is 19.5 Å². The number of carbonyl (C=O) groups is 3. The van der Waals surface area contributed by atoms with Crippen molar-refractivity contribution in [1.82, 2.24) is 4.90 Å². The van der Waals surface area contributed by atoms with Crippen molar-refractivity contribution in [3.63, 3.8) is 0 Å². The first-order valence-corrected chi connectivity index (χ1v) is 11.3. The number of piperazine rings is 1. The lowest BCUT2D eigenvalue weighted by molar-refractivity contribution is -0.146. The van der Waals surface area contributed by atoms with Crippen molar-refractivity contribution in [3.8, 4) is 0 Å². The average molecular weight is 448 g/mol. The molecule has 2 aromatic carbocycles. The zero-order valence-corrected chi connectivity index (χ0v) is 18.7. The molecule has 4 rings (SSSR count). The van der Waals surface area contributed by atoms with E-state index in [1.165, 1.54) is 0 Å². The number of nitrogens with one attached hydrogen (secondary N) is 1. The van der Waals surface area contributed by atoms with Crippen molar-refractivity contribution in [2.45, 2.75) is 19.8 Å². The fourth-order valence-electron chi connectivity index (χ4n) is 4.59. The van der Waals surface area contributed by atoms with Crippen LogP contribution < -0.4 is 10.2 Å². The number of rotatable bonds is 5. The number of nitrogens with zero attached hydrogens (tertiary/aromatic N) is 2. The molecule has 0 saturated carbocycles. The van der Waals surface area contributed by atoms with E-state index in [2.05, 4.69) is 22.3 Å². The first-order valence-electron chi connectivity index (χ1n) is 11.3. The summed E-state index contributed by atoms with van der Waals surface area (Å²) in [5.41, 5.74) is 3.00. The molecule has 172 valence electrons. The number of allylic oxidation sites excluding steroid dienone is 2. The van der Waals surface area contributed by atoms with E-state index in [-0.39, 0.29) is 11.8 Å². The molecule has 2 aliphatic rings. The monoisotopic (exact) mass is 447 g/mol. The van der Waals surface area contributed by atoms with Gasteiger partial charge in [0.15, 0.2) is 0 Å². The Balaban J connectivity index is 1.45. The Bertz CT molecular complexity index is 1060. The molecule has 7 heteroatoms. The lowest BCUT2D eigenvalue weighted by Gasteiger charge is -2.36. The molecule has 1 saturated heterocycles. The molecule has 1 fully saturated rings. The topological polar surface area (TPSA) is 89.9 Å². The maximum absolute atomic E-state index is 13.3. The van der Waals surface area contributed by atoms with Crippen LogP contribution in [0.3, 0.4) is 0 Å². The van der Waals surface area contributed by atoms with Gasteiger partial charge in [-0.25, -0.2) is 0 Å². The van der Waals surface area contributed by atoms with Gasteiger partial charge in [0, 0.05) is 31.9 Å². The second kappa shape index (κ2) is 9.90. The highest BCUT2D eigenvalue weighted by atomic mass is 16.4. The number of carboxylic acids is 1. The standard InChI is InChI=1S/C26H29N3O4/c1-18-11-12-20(26(32)33)22(17-18)24(30)27-23-10-6-5-9-21(23)25(31)29-15-13-28(14-16-29)19-7-3-2-4-8-19/h2-11,20,22H,12-17H2,1H3,(H,27,30)(H,32,33)/t20-,22+/m1/s1. The summed E-state index contributed by atoms with van der Waals surface area (Å²) in [6.45, 7) is 4.55. The molecule has 0 bridgehead atoms. The van der Waals surface area contributed by atoms with Gasteiger partial charge < -0.3 is 20.2 Å². The predicted octanol–water partition coefficient (Wildman–Crippen LogP) is 3.64. The van der Waals surface area contributed by atoms with Crippen LogP contribution in [-0.2, 0) is 9.59 Å². The van der Waals surface area contributed by atoms with Crippen molar-refractivity contribution in [3.05, 3.63) is 71.8 Å². The van der Waals surface area contributed by atoms with Crippen LogP contribution in [0.1, 0.15) is 30.1 Å². The van der Waals surface area contributed by atoms with Crippen molar-refractivity contribution >= 4 is 29.2 Å². The highest BCUT2D eigenvalue weighted by Gasteiger charge is 2.36. The third-order valence-corrected chi connectivity index (χ3v) is 6.51. The number of hydrogen-bond donors (Lipinski definition) is 2. The van der Waals surface area contributed by atoms with Gasteiger partial charge in [0.05, 0.1) is 23.1 Å². The summed E-state index contributed by atoms with van der Waals surface area (Å²) >= 11 is 0. The Kier molecular flexibility index (Phi) is 6.77. The van der Waals surface area contributed by atoms with Crippen molar-refractivity contribution < 1.29 is 19.5 Å². The fraction of sp³-hybridized carbons (Fsp3) is 0.346. The van der Waals surface area contributed by atoms with Crippen LogP contribution in [0.2, 0.25) is 0 Å². The number of aliphatic carboxylic acids is 1. The molecule has 2 amide bonds. The molecule has 0 unspecified atom stereocenters. The summed E-state index contributed by atoms with van der Waals surface area (Å²) in [6, 6.07) is 17.1. The summed E-state index contributed by atoms with van der Waals surface area (Å²) in [5, 5.41) is 12.4. The molecule has 1 heterocycles. The number of carboxylic acid groups (broad SMARTS) is 1. The lowest BCUT2D eigenvalue weighted by atomic mass is 9.79. The molecule has 2 aromatic rings. The molecular weight excluding hydrogens is 418 g/mol. The summed E-state index contributed by atoms with van der Waals surface area (Å²) < 4.78 is 0. The van der Waals surface area contributed by atoms with E-state index in [0.29, 0.717) is 37.2 Å². The number of anilines is 2. The van der Waals surface area contributed by atoms with Crippen molar-refractivity contribution in [1.29, 1.82) is 0 Å². The van der Waals surface area contributed by atoms with Gasteiger partial charge in [-0.15, -0.1) is 0 Å². The summed E-state index contributed by atoms with van der Waals surface area (Å²) in [4.78, 5) is 42.1. The smallest absolute Gasteiger partial charge is 0.307 e. The van der Waals surface area contributed by atoms with Gasteiger partial charge >= 0.3 is 5.97 Å². The zero-order chi connectivity index (χ0) is 23.4. The average Bonchev–Trinajstić information content (AvgIpc) is 2.84. The minimum absolute atomic E-state index is 0.131. The predicted molar refractivity (Wildman–Crippen MR) is 127 cm³/mol. The molecule has 0 radical (unpaired) electrons. The second-order valence-corrected chi connectivity index (χ2v) is 8.69. The maximum atomic E-state index is 13.3. The third-order valence-electron chi connectivity index (χ3n) is 6.51. The lowest BCUT2D eigenvalue weighted by Crippen LogP contribution is -2.49. The van der Waals surface area contributed by atoms with E-state index < -0.39 is 17.8 Å². The highest BCUT2D eigenvalue weighted by Crippen LogP contribution is 2.31. The third kappa shape index (κ3) is 5.08. The molecule has 33 heavy (non-hydrogen) atoms. The Morgan fingerprint density at radius 1 is 0.909 bits per heavy atom. The first kappa shape index (κ1) is 22.6. The normalized spacial score (nSPS) is 20.7. The van der Waals surface area contributed by atoms with Crippen LogP contribution in [0.4, 0.5) is 11.4 Å². The number of hydrogen-bond acceptors (Lipinski definition) is 4. The van der Waals surface area contributed by atoms with Crippen LogP contribution in [0.15, 0.2) is 66.2 Å². The van der Waals surface area contributed by atoms with E-state index in [1.54, 1.807) is 29.2 Å². The van der Waals surface area contributed by atoms with Crippen LogP contribution in [0.5, 0.6) is 0 Å². The molecule has 7 nitrogen and oxygen atoms in total. The minimum Gasteiger partial charge on any atom is -0.481 e. The van der Waals surface area contributed by atoms with E-state index >= 15 is 0 Å². The Hall–Kier alpha value is -3.61. The Morgan fingerprint density at radius 3 is 2.27 bits per heavy atom. The summed E-state index contributed by atoms with van der Waals surface area (Å²) in [6.07, 6.45) is 2.63. The number of benzene rings is 2. The van der Waals surface area contributed by atoms with Gasteiger partial charge in [-0.3, -0.25) is 14.4 Å². The minimum atomic E-state index is -0.973. The van der Waals surface area contributed by atoms with Crippen LogP contribution in [0.25, 0.3) is 0 Å². The molecule has 0 aromatic heterocycles. The summed E-state index contributed by atoms with van der Waals surface area (Å²) in [7, 11) is 0. The second-order valence-electron chi connectivity index (χ2n) is 8.69. The van der Waals surface area contributed by atoms with Gasteiger partial charge in [0.25, 0.3) is 5.91 Å². The van der Waals surface area contributed by atoms with Gasteiger partial charge in [-0.05, 0) is 44.0 Å². The zero-order valence-electron chi connectivity index (χ0n) is 18.7. The van der Waals surface area contributed by atoms with Gasteiger partial charge in [0.2, 0.25) is 5.91 Å². The van der Waals surface area contributed by atoms with E-state index in [4.69, 9.17) is 0 Å². The van der Waals surface area contributed by atoms with Gasteiger partial charge in [0.1, 0.15) is 0 Å². The van der Waals surface area contributed by atoms with Crippen LogP contribution in [-0.4, -0.2) is 54.0 Å². The quantitative estimate of drug-likeness (QED) is 0.683. The van der Waals surface area contributed by atoms with Crippen LogP contribution >= 0.6 is 0 Å². The largest absolute Gasteiger partial charge is 0.481 e. The molecule has 0 spiro atoms. The Labute approximate surface area is 193 Å². The SMILES string of the molecule is CC1=CC[C@@H](C(=O)O)[C@@H](C(=O)Nc2ccccc2C(=O)N2CCN(c3ccccc3)CC2)C1. The van der Waals surface area contributed by atoms with E-state index in [1.807, 2.05) is 31.2 Å². The van der Waals surface area contributed by atoms with Crippen molar-refractivity contribution in [2.24, 2.45) is 11.8 Å². The summed E-state index contributed by atoms with van der Waals surface area (Å²) in [5.74, 6) is -2.88. The van der Waals surface area contributed by atoms with Gasteiger partial charge in [-0.1, -0.05) is 42.0 Å². The molecule has 1 aliphatic heterocycles. The number of para-hydroxylation sites is 2. The Morgan fingerprint density at radius 2 is 1.58 bits per heavy atom. The highest BCUT2D eigenvalue weighted by molar-refractivity contribution is 6.05. The molecule has 2 atom stereocenters. The maximum Gasteiger partial charge on any atom is 0.307 e. The van der Waals surface area contributed by atoms with Crippen LogP contribution in [0, 0.1) is 11.8 Å². The van der Waals surface area contributed by atoms with E-state index in [0.717, 1.165) is 24.4 Å². The molecular formula is C26H29N3O4. The number of amides is 2. The fourth-order valence-corrected chi connectivity index (χ4v) is 4.59. The van der Waals surface area contributed by atoms with Crippen molar-refractivity contribution in [2.75, 3.05) is 36.4 Å². The van der Waals surface area contributed by atoms with Gasteiger partial charge in [-0.2, -0.15) is 0 Å².